The van der Waals surface area contributed by atoms with Crippen molar-refractivity contribution in [2.75, 3.05) is 59.8 Å². The number of aromatic nitrogens is 6. The molecule has 3 aromatic heterocycles. The van der Waals surface area contributed by atoms with Crippen molar-refractivity contribution in [3.8, 4) is 17.2 Å². The highest BCUT2D eigenvalue weighted by atomic mass is 35.5. The molecule has 0 radical (unpaired) electrons. The molecule has 3 heterocycles. The van der Waals surface area contributed by atoms with Crippen molar-refractivity contribution < 1.29 is 57.3 Å². The molecule has 0 spiro atoms. The third kappa shape index (κ3) is 28.2. The van der Waals surface area contributed by atoms with Gasteiger partial charge in [-0.25, -0.2) is 15.0 Å². The lowest BCUT2D eigenvalue weighted by Crippen LogP contribution is -2.43. The second kappa shape index (κ2) is 41.7. The fraction of sp³-hybridized carbons (Fsp3) is 0.685. The van der Waals surface area contributed by atoms with Gasteiger partial charge in [-0.05, 0) is 80.9 Å². The monoisotopic (exact) mass is 1630 g/mol. The fourth-order valence-electron chi connectivity index (χ4n) is 12.6. The summed E-state index contributed by atoms with van der Waals surface area (Å²) in [5.74, 6) is 3.83. The minimum atomic E-state index is -1.24. The van der Waals surface area contributed by atoms with Gasteiger partial charge in [0.1, 0.15) is 96.0 Å². The number of halogens is 6. The van der Waals surface area contributed by atoms with E-state index in [1.807, 2.05) is 21.3 Å². The van der Waals surface area contributed by atoms with E-state index in [0.29, 0.717) is 141 Å². The Morgan fingerprint density at radius 2 is 0.856 bits per heavy atom. The van der Waals surface area contributed by atoms with Crippen LogP contribution in [0.15, 0.2) is 18.2 Å². The Kier molecular flexibility index (Phi) is 35.2. The lowest BCUT2D eigenvalue weighted by Gasteiger charge is -2.31. The molecule has 584 valence electrons. The van der Waals surface area contributed by atoms with Crippen molar-refractivity contribution in [1.29, 1.82) is 0 Å². The van der Waals surface area contributed by atoms with Crippen LogP contribution in [0, 0.1) is 17.8 Å². The fourth-order valence-corrected chi connectivity index (χ4v) is 16.8. The Labute approximate surface area is 650 Å². The van der Waals surface area contributed by atoms with Crippen LogP contribution in [0.2, 0.25) is 133 Å². The molecule has 6 aromatic rings. The molecule has 0 aliphatic heterocycles. The van der Waals surface area contributed by atoms with Crippen LogP contribution in [0.3, 0.4) is 0 Å². The van der Waals surface area contributed by atoms with Gasteiger partial charge in [0.05, 0.1) is 51.4 Å². The van der Waals surface area contributed by atoms with Crippen LogP contribution in [0.4, 0.5) is 0 Å². The van der Waals surface area contributed by atoms with Crippen molar-refractivity contribution in [3.63, 3.8) is 0 Å². The van der Waals surface area contributed by atoms with Crippen LogP contribution in [-0.2, 0) is 71.3 Å². The zero-order valence-electron chi connectivity index (χ0n) is 63.9. The first-order valence-corrected chi connectivity index (χ1v) is 54.1. The predicted octanol–water partition coefficient (Wildman–Crippen LogP) is 18.4. The van der Waals surface area contributed by atoms with Gasteiger partial charge in [0.15, 0.2) is 17.2 Å². The number of H-pyrrole nitrogens is 1. The van der Waals surface area contributed by atoms with E-state index in [0.717, 1.165) is 105 Å². The molecule has 3 fully saturated rings. The molecule has 0 unspecified atom stereocenters. The van der Waals surface area contributed by atoms with Crippen LogP contribution in [0.1, 0.15) is 108 Å². The molecule has 3 saturated carbocycles. The number of carbonyl (C=O) groups is 2. The van der Waals surface area contributed by atoms with Crippen molar-refractivity contribution in [1.82, 2.24) is 39.7 Å². The van der Waals surface area contributed by atoms with Gasteiger partial charge in [-0.1, -0.05) is 187 Å². The number of aliphatic hydroxyl groups is 1. The second-order valence-corrected chi connectivity index (χ2v) is 57.6. The van der Waals surface area contributed by atoms with E-state index in [1.54, 1.807) is 13.0 Å². The number of ether oxygens (including phenoxy) is 9. The molecule has 3 aromatic carbocycles. The molecule has 21 nitrogen and oxygen atoms in total. The van der Waals surface area contributed by atoms with Gasteiger partial charge in [0.25, 0.3) is 0 Å². The summed E-state index contributed by atoms with van der Waals surface area (Å²) >= 11 is 39.1. The summed E-state index contributed by atoms with van der Waals surface area (Å²) in [6, 6.07) is 9.97. The molecular formula is C73H117Cl6N9O12Si4. The molecular weight excluding hydrogens is 1520 g/mol. The molecule has 31 heteroatoms. The molecule has 2 amide bonds. The van der Waals surface area contributed by atoms with Gasteiger partial charge in [0, 0.05) is 108 Å². The summed E-state index contributed by atoms with van der Waals surface area (Å²) in [5.41, 5.74) is 10.5. The quantitative estimate of drug-likeness (QED) is 0.0139. The van der Waals surface area contributed by atoms with Crippen LogP contribution < -0.4 is 30.6 Å². The molecule has 3 aliphatic carbocycles. The van der Waals surface area contributed by atoms with E-state index < -0.39 is 32.3 Å². The summed E-state index contributed by atoms with van der Waals surface area (Å²) in [6.45, 7) is 36.6. The van der Waals surface area contributed by atoms with Crippen LogP contribution in [0.25, 0.3) is 33.1 Å². The first-order valence-electron chi connectivity index (χ1n) is 37.0. The molecule has 6 atom stereocenters. The Morgan fingerprint density at radius 3 is 1.24 bits per heavy atom. The van der Waals surface area contributed by atoms with Gasteiger partial charge in [-0.3, -0.25) is 9.59 Å². The summed E-state index contributed by atoms with van der Waals surface area (Å²) < 4.78 is 58.1. The number of aromatic amines is 1. The summed E-state index contributed by atoms with van der Waals surface area (Å²) in [4.78, 5) is 40.3. The number of rotatable bonds is 36. The number of nitrogens with one attached hydrogen (secondary N) is 3. The van der Waals surface area contributed by atoms with E-state index >= 15 is 0 Å². The number of fused-ring (bicyclic) bond motifs is 3. The Hall–Kier alpha value is -3.30. The second-order valence-electron chi connectivity index (χ2n) is 32.8. The highest BCUT2D eigenvalue weighted by molar-refractivity contribution is 6.77. The van der Waals surface area contributed by atoms with E-state index in [-0.39, 0.29) is 81.1 Å². The minimum Gasteiger partial charge on any atom is -0.489 e. The normalized spacial score (nSPS) is 19.0. The number of nitrogens with two attached hydrogens (primary N) is 1. The molecule has 104 heavy (non-hydrogen) atoms. The zero-order valence-corrected chi connectivity index (χ0v) is 72.5. The van der Waals surface area contributed by atoms with Crippen LogP contribution in [0.5, 0.6) is 17.2 Å². The number of amides is 2. The zero-order chi connectivity index (χ0) is 76.1. The smallest absolute Gasteiger partial charge is 0.217 e. The van der Waals surface area contributed by atoms with E-state index in [2.05, 4.69) is 99.2 Å². The minimum absolute atomic E-state index is 0.0212. The van der Waals surface area contributed by atoms with Crippen molar-refractivity contribution in [3.05, 3.63) is 65.8 Å². The maximum absolute atomic E-state index is 11.8. The molecule has 9 rings (SSSR count). The molecule has 6 N–H and O–H groups in total. The number of hydrogen-bond donors (Lipinski definition) is 5. The average Bonchev–Trinajstić information content (AvgIpc) is 1.62. The molecule has 0 saturated heterocycles. The van der Waals surface area contributed by atoms with E-state index in [9.17, 15) is 14.7 Å². The Bertz CT molecular complexity index is 3710. The van der Waals surface area contributed by atoms with Gasteiger partial charge in [-0.2, -0.15) is 0 Å². The van der Waals surface area contributed by atoms with E-state index in [1.165, 1.54) is 19.8 Å². The van der Waals surface area contributed by atoms with Crippen molar-refractivity contribution >= 4 is 147 Å². The lowest BCUT2D eigenvalue weighted by molar-refractivity contribution is -0.121. The van der Waals surface area contributed by atoms with Crippen molar-refractivity contribution in [2.24, 2.45) is 23.5 Å². The highest BCUT2D eigenvalue weighted by Gasteiger charge is 2.32. The first-order chi connectivity index (χ1) is 49.1. The SMILES string of the molecule is CC(=O)N[C@@H]1CCCC[C@@H]1COc1c(Cl)c(Cl)cc2[nH]c(CO)nc12.CC(=O)N[C@@H]1CCCC[C@@H]1COc1c(Cl)c(Cl)cc2c1nc(COCOCC[Si](C)(C)C)n2COCC[Si](C)(C)C.C[Si](C)(C)CCOCOCc1nc2c(OC[C@H]3CCCC[C@H]3N)c(Cl)c(Cl)cc2n1COCC[Si](C)(C)C. The lowest BCUT2D eigenvalue weighted by atomic mass is 9.85. The summed E-state index contributed by atoms with van der Waals surface area (Å²) in [6.07, 6.45) is 12.7. The Balaban J connectivity index is 0.000000224. The average molecular weight is 1640 g/mol. The third-order valence-electron chi connectivity index (χ3n) is 18.9. The molecule has 0 bridgehead atoms. The molecule has 3 aliphatic rings. The van der Waals surface area contributed by atoms with E-state index in [4.69, 9.17) is 128 Å². The first kappa shape index (κ1) is 87.9. The van der Waals surface area contributed by atoms with Crippen molar-refractivity contribution in [2.45, 2.75) is 245 Å². The third-order valence-corrected chi connectivity index (χ3v) is 28.0. The summed E-state index contributed by atoms with van der Waals surface area (Å²) in [5, 5.41) is 17.6. The Morgan fingerprint density at radius 1 is 0.500 bits per heavy atom. The number of carbonyl (C=O) groups excluding carboxylic acids is 2. The number of hydrogen-bond acceptors (Lipinski definition) is 16. The summed E-state index contributed by atoms with van der Waals surface area (Å²) in [7, 11) is -4.76. The topological polar surface area (TPSA) is 252 Å². The standard InChI is InChI=1S/C29H49Cl2N3O5Si2.C27H47Cl2N3O4Si2.C17H21Cl2N3O3/c1-21(35)32-24-11-9-8-10-22(24)17-39-29-27(31)23(30)16-25-28(29)33-26(18-38-20-37-13-15-41(5,6)7)34(25)19-36-12-14-40(2,3)4;1-37(2,3)13-11-33-18-32-23-15-21(28)25(29)27(36-16-20-9-7-8-10-22(20)30)26(23)31-24(32)17-35-19-34-12-14-38(4,5)6;1-9(24)20-12-5-3-2-4-10(12)8-25-17-15(19)11(18)6-13-16(17)22-14(7-23)21-13/h16,22,24H,8-15,17-20H2,1-7H3,(H,32,35);15,20,22H,7-14,16-19,30H2,1-6H3;6,10,12,23H,2-5,7-8H2,1H3,(H,20,24)(H,21,22)/t22-,24-;20-,22-;10-,12-/m111/s1. The predicted molar refractivity (Wildman–Crippen MR) is 433 cm³/mol. The number of imidazole rings is 3. The largest absolute Gasteiger partial charge is 0.489 e. The number of aliphatic hydroxyl groups excluding tert-OH is 1. The van der Waals surface area contributed by atoms with Gasteiger partial charge < -0.3 is 78.2 Å². The van der Waals surface area contributed by atoms with Crippen LogP contribution in [-0.4, -0.2) is 156 Å². The maximum Gasteiger partial charge on any atom is 0.217 e. The van der Waals surface area contributed by atoms with Crippen LogP contribution >= 0.6 is 69.6 Å². The number of benzene rings is 3. The van der Waals surface area contributed by atoms with Gasteiger partial charge in [-0.15, -0.1) is 0 Å². The van der Waals surface area contributed by atoms with Gasteiger partial charge >= 0.3 is 0 Å². The number of nitrogens with zero attached hydrogens (tertiary/aromatic N) is 5. The maximum atomic E-state index is 11.8. The highest BCUT2D eigenvalue weighted by Crippen LogP contribution is 2.44. The van der Waals surface area contributed by atoms with Gasteiger partial charge in [0.2, 0.25) is 11.8 Å².